The predicted molar refractivity (Wildman–Crippen MR) is 119 cm³/mol. The van der Waals surface area contributed by atoms with Crippen LogP contribution < -0.4 is 11.1 Å². The van der Waals surface area contributed by atoms with Gasteiger partial charge in [0, 0.05) is 12.8 Å². The summed E-state index contributed by atoms with van der Waals surface area (Å²) >= 11 is 0. The molecule has 0 unspecified atom stereocenters. The van der Waals surface area contributed by atoms with Crippen molar-refractivity contribution in [2.75, 3.05) is 6.54 Å². The quantitative estimate of drug-likeness (QED) is 0.373. The number of aliphatic hydroxyl groups excluding tert-OH is 2. The summed E-state index contributed by atoms with van der Waals surface area (Å²) < 4.78 is 0. The van der Waals surface area contributed by atoms with Gasteiger partial charge in [-0.05, 0) is 62.3 Å². The third-order valence-corrected chi connectivity index (χ3v) is 6.45. The number of nitrogens with one attached hydrogen (secondary N) is 1. The average Bonchev–Trinajstić information content (AvgIpc) is 2.66. The summed E-state index contributed by atoms with van der Waals surface area (Å²) in [4.78, 5) is 12.6. The molecule has 1 amide bonds. The third-order valence-electron chi connectivity index (χ3n) is 6.45. The predicted octanol–water partition coefficient (Wildman–Crippen LogP) is 3.22. The van der Waals surface area contributed by atoms with Gasteiger partial charge in [0.2, 0.25) is 5.91 Å². The van der Waals surface area contributed by atoms with Crippen molar-refractivity contribution >= 4 is 5.91 Å². The summed E-state index contributed by atoms with van der Waals surface area (Å²) in [6.07, 6.45) is 10.2. The van der Waals surface area contributed by atoms with Gasteiger partial charge in [-0.2, -0.15) is 0 Å². The van der Waals surface area contributed by atoms with Crippen LogP contribution in [0.4, 0.5) is 0 Å². The maximum absolute atomic E-state index is 12.6. The lowest BCUT2D eigenvalue weighted by molar-refractivity contribution is -0.147. The number of carbonyl (C=O) groups is 1. The van der Waals surface area contributed by atoms with E-state index in [2.05, 4.69) is 38.9 Å². The maximum atomic E-state index is 12.6. The van der Waals surface area contributed by atoms with E-state index in [1.807, 2.05) is 0 Å². The van der Waals surface area contributed by atoms with Crippen LogP contribution in [0.15, 0.2) is 0 Å². The Morgan fingerprint density at radius 1 is 1.14 bits per heavy atom. The Balaban J connectivity index is 3.19. The van der Waals surface area contributed by atoms with Gasteiger partial charge in [-0.25, -0.2) is 0 Å². The van der Waals surface area contributed by atoms with E-state index in [0.717, 1.165) is 32.1 Å². The maximum Gasteiger partial charge on any atom is 0.220 e. The lowest BCUT2D eigenvalue weighted by Crippen LogP contribution is -2.70. The van der Waals surface area contributed by atoms with Gasteiger partial charge in [-0.3, -0.25) is 4.79 Å². The van der Waals surface area contributed by atoms with Crippen molar-refractivity contribution in [2.24, 2.45) is 29.4 Å². The largest absolute Gasteiger partial charge is 0.390 e. The first kappa shape index (κ1) is 25.9. The van der Waals surface area contributed by atoms with Gasteiger partial charge in [0.15, 0.2) is 0 Å². The first-order valence-corrected chi connectivity index (χ1v) is 11.5. The second-order valence-corrected chi connectivity index (χ2v) is 9.77. The van der Waals surface area contributed by atoms with Gasteiger partial charge in [0.05, 0.1) is 17.7 Å². The topological polar surface area (TPSA) is 95.6 Å². The molecule has 1 saturated carbocycles. The number of aliphatic hydroxyl groups is 2. The first-order chi connectivity index (χ1) is 13.7. The van der Waals surface area contributed by atoms with Crippen molar-refractivity contribution in [1.82, 2.24) is 5.32 Å². The number of hydrogen-bond acceptors (Lipinski definition) is 4. The van der Waals surface area contributed by atoms with Gasteiger partial charge in [0.25, 0.3) is 0 Å². The minimum absolute atomic E-state index is 0.0468. The fraction of sp³-hybridized carbons (Fsp3) is 0.875. The molecule has 5 nitrogen and oxygen atoms in total. The average molecular weight is 409 g/mol. The molecule has 0 saturated heterocycles. The van der Waals surface area contributed by atoms with Crippen molar-refractivity contribution < 1.29 is 15.0 Å². The summed E-state index contributed by atoms with van der Waals surface area (Å²) in [5, 5.41) is 25.8. The summed E-state index contributed by atoms with van der Waals surface area (Å²) in [6.45, 7) is 9.16. The van der Waals surface area contributed by atoms with Gasteiger partial charge in [0.1, 0.15) is 0 Å². The van der Waals surface area contributed by atoms with Crippen molar-refractivity contribution in [3.8, 4) is 12.3 Å². The molecule has 0 heterocycles. The Bertz CT molecular complexity index is 503. The zero-order valence-corrected chi connectivity index (χ0v) is 19.0. The Kier molecular flexibility index (Phi) is 11.2. The van der Waals surface area contributed by atoms with Crippen LogP contribution in [-0.4, -0.2) is 40.4 Å². The molecule has 0 bridgehead atoms. The molecule has 0 aliphatic heterocycles. The van der Waals surface area contributed by atoms with Crippen LogP contribution >= 0.6 is 0 Å². The Labute approximate surface area is 178 Å². The highest BCUT2D eigenvalue weighted by Crippen LogP contribution is 2.44. The highest BCUT2D eigenvalue weighted by molar-refractivity contribution is 5.77. The lowest BCUT2D eigenvalue weighted by Gasteiger charge is -2.52. The Morgan fingerprint density at radius 2 is 1.66 bits per heavy atom. The molecule has 5 N–H and O–H groups in total. The Morgan fingerprint density at radius 3 is 2.07 bits per heavy atom. The number of carbonyl (C=O) groups excluding carboxylic acids is 1. The van der Waals surface area contributed by atoms with Crippen LogP contribution in [0.5, 0.6) is 0 Å². The highest BCUT2D eigenvalue weighted by Gasteiger charge is 2.54. The minimum Gasteiger partial charge on any atom is -0.390 e. The molecule has 5 atom stereocenters. The molecule has 168 valence electrons. The van der Waals surface area contributed by atoms with Gasteiger partial charge >= 0.3 is 0 Å². The van der Waals surface area contributed by atoms with Gasteiger partial charge < -0.3 is 21.3 Å². The SMILES string of the molecule is C#CCC[C@]1(NC(=O)CCCN)[C@H](O)[C@H](CCC(C)C)C[C@H](CCC(C)C)[C@@H]1O. The normalized spacial score (nSPS) is 29.8. The van der Waals surface area contributed by atoms with E-state index in [1.54, 1.807) is 0 Å². The zero-order chi connectivity index (χ0) is 22.0. The molecule has 1 fully saturated rings. The van der Waals surface area contributed by atoms with E-state index in [0.29, 0.717) is 44.1 Å². The number of rotatable bonds is 12. The molecule has 0 radical (unpaired) electrons. The number of terminal acetylenes is 1. The van der Waals surface area contributed by atoms with Crippen LogP contribution in [0.1, 0.15) is 85.5 Å². The number of nitrogens with two attached hydrogens (primary N) is 1. The fourth-order valence-corrected chi connectivity index (χ4v) is 4.68. The smallest absolute Gasteiger partial charge is 0.220 e. The van der Waals surface area contributed by atoms with E-state index >= 15 is 0 Å². The monoisotopic (exact) mass is 408 g/mol. The summed E-state index contributed by atoms with van der Waals surface area (Å²) in [6, 6.07) is 0. The Hall–Kier alpha value is -1.09. The highest BCUT2D eigenvalue weighted by atomic mass is 16.3. The molecular formula is C24H44N2O3. The van der Waals surface area contributed by atoms with Gasteiger partial charge in [-0.15, -0.1) is 12.3 Å². The summed E-state index contributed by atoms with van der Waals surface area (Å²) in [5.41, 5.74) is 4.47. The fourth-order valence-electron chi connectivity index (χ4n) is 4.68. The summed E-state index contributed by atoms with van der Waals surface area (Å²) in [7, 11) is 0. The second-order valence-electron chi connectivity index (χ2n) is 9.77. The molecule has 1 rings (SSSR count). The van der Waals surface area contributed by atoms with Crippen LogP contribution in [0, 0.1) is 36.0 Å². The molecular weight excluding hydrogens is 364 g/mol. The molecule has 1 aliphatic rings. The zero-order valence-electron chi connectivity index (χ0n) is 19.0. The van der Waals surface area contributed by atoms with Gasteiger partial charge in [-0.1, -0.05) is 40.5 Å². The number of hydrogen-bond donors (Lipinski definition) is 4. The molecule has 29 heavy (non-hydrogen) atoms. The molecule has 0 aromatic heterocycles. The van der Waals surface area contributed by atoms with Crippen LogP contribution in [0.25, 0.3) is 0 Å². The van der Waals surface area contributed by atoms with E-state index in [4.69, 9.17) is 12.2 Å². The van der Waals surface area contributed by atoms with E-state index in [1.165, 1.54) is 0 Å². The van der Waals surface area contributed by atoms with E-state index in [-0.39, 0.29) is 17.7 Å². The molecule has 0 spiro atoms. The van der Waals surface area contributed by atoms with E-state index < -0.39 is 17.7 Å². The minimum atomic E-state index is -1.08. The standard InChI is InChI=1S/C24H44N2O3/c1-6-7-14-24(26-21(27)9-8-15-25)22(28)19(12-10-17(2)3)16-20(23(24)29)13-11-18(4)5/h1,17-20,22-23,28-29H,7-16,25H2,2-5H3,(H,26,27)/t19-,20+,22-,23+,24+. The van der Waals surface area contributed by atoms with Crippen molar-refractivity contribution in [3.05, 3.63) is 0 Å². The van der Waals surface area contributed by atoms with Crippen molar-refractivity contribution in [2.45, 2.75) is 103 Å². The van der Waals surface area contributed by atoms with Crippen LogP contribution in [0.3, 0.4) is 0 Å². The molecule has 0 aromatic carbocycles. The third kappa shape index (κ3) is 7.59. The van der Waals surface area contributed by atoms with Crippen molar-refractivity contribution in [3.63, 3.8) is 0 Å². The van der Waals surface area contributed by atoms with E-state index in [9.17, 15) is 15.0 Å². The van der Waals surface area contributed by atoms with Crippen molar-refractivity contribution in [1.29, 1.82) is 0 Å². The molecule has 1 aliphatic carbocycles. The molecule has 0 aromatic rings. The van der Waals surface area contributed by atoms with Crippen LogP contribution in [-0.2, 0) is 4.79 Å². The summed E-state index contributed by atoms with van der Waals surface area (Å²) in [5.74, 6) is 3.65. The van der Waals surface area contributed by atoms with Crippen LogP contribution in [0.2, 0.25) is 0 Å². The second kappa shape index (κ2) is 12.6. The molecule has 5 heteroatoms. The number of amides is 1. The lowest BCUT2D eigenvalue weighted by atomic mass is 9.62. The first-order valence-electron chi connectivity index (χ1n) is 11.5.